The minimum absolute atomic E-state index is 0.0523. The van der Waals surface area contributed by atoms with E-state index in [1.165, 1.54) is 0 Å². The second-order valence-corrected chi connectivity index (χ2v) is 7.97. The van der Waals surface area contributed by atoms with E-state index in [4.69, 9.17) is 34.9 Å². The van der Waals surface area contributed by atoms with E-state index >= 15 is 0 Å². The van der Waals surface area contributed by atoms with Crippen LogP contribution in [0.1, 0.15) is 59.3 Å². The van der Waals surface area contributed by atoms with Crippen molar-refractivity contribution in [2.75, 3.05) is 59.4 Å². The second-order valence-electron chi connectivity index (χ2n) is 7.97. The van der Waals surface area contributed by atoms with E-state index in [1.807, 2.05) is 6.92 Å². The number of hydrogen-bond acceptors (Lipinski definition) is 8. The van der Waals surface area contributed by atoms with Crippen LogP contribution in [0.5, 0.6) is 0 Å². The van der Waals surface area contributed by atoms with Crippen molar-refractivity contribution in [3.63, 3.8) is 0 Å². The topological polar surface area (TPSA) is 124 Å². The first-order valence-corrected chi connectivity index (χ1v) is 10.9. The molecule has 3 unspecified atom stereocenters. The van der Waals surface area contributed by atoms with Crippen LogP contribution in [0.25, 0.3) is 0 Å². The molecular weight excluding hydrogens is 378 g/mol. The zero-order valence-electron chi connectivity index (χ0n) is 18.7. The maximum absolute atomic E-state index is 9.65. The van der Waals surface area contributed by atoms with Gasteiger partial charge in [-0.2, -0.15) is 0 Å². The Morgan fingerprint density at radius 2 is 1.38 bits per heavy atom. The van der Waals surface area contributed by atoms with Crippen LogP contribution in [0.2, 0.25) is 0 Å². The molecule has 0 aliphatic carbocycles. The molecule has 0 aromatic heterocycles. The van der Waals surface area contributed by atoms with Crippen molar-refractivity contribution < 1.29 is 34.3 Å². The molecule has 29 heavy (non-hydrogen) atoms. The Morgan fingerprint density at radius 1 is 0.793 bits per heavy atom. The highest BCUT2D eigenvalue weighted by atomic mass is 16.5. The van der Waals surface area contributed by atoms with E-state index in [0.717, 1.165) is 32.1 Å². The van der Waals surface area contributed by atoms with E-state index in [2.05, 4.69) is 13.8 Å². The van der Waals surface area contributed by atoms with E-state index in [-0.39, 0.29) is 44.2 Å². The van der Waals surface area contributed by atoms with Gasteiger partial charge in [0, 0.05) is 33.0 Å². The van der Waals surface area contributed by atoms with Gasteiger partial charge in [-0.1, -0.05) is 6.92 Å². The lowest BCUT2D eigenvalue weighted by molar-refractivity contribution is -0.0703. The van der Waals surface area contributed by atoms with E-state index < -0.39 is 6.10 Å². The normalized spacial score (nSPS) is 17.1. The first-order valence-electron chi connectivity index (χ1n) is 10.9. The van der Waals surface area contributed by atoms with Gasteiger partial charge in [0.15, 0.2) is 0 Å². The van der Waals surface area contributed by atoms with Crippen LogP contribution < -0.4 is 5.73 Å². The van der Waals surface area contributed by atoms with Crippen molar-refractivity contribution in [2.24, 2.45) is 5.73 Å². The average Bonchev–Trinajstić information content (AvgIpc) is 2.72. The van der Waals surface area contributed by atoms with Crippen molar-refractivity contribution in [1.29, 1.82) is 0 Å². The van der Waals surface area contributed by atoms with Crippen molar-refractivity contribution in [3.8, 4) is 0 Å². The minimum Gasteiger partial charge on any atom is -0.396 e. The predicted molar refractivity (Wildman–Crippen MR) is 113 cm³/mol. The molecule has 0 aromatic rings. The number of rotatable bonds is 21. The lowest BCUT2D eigenvalue weighted by Crippen LogP contribution is -2.38. The van der Waals surface area contributed by atoms with Gasteiger partial charge in [-0.15, -0.1) is 0 Å². The van der Waals surface area contributed by atoms with Crippen molar-refractivity contribution in [1.82, 2.24) is 0 Å². The summed E-state index contributed by atoms with van der Waals surface area (Å²) in [7, 11) is 0. The number of ether oxygens (including phenoxy) is 4. The van der Waals surface area contributed by atoms with Gasteiger partial charge in [-0.25, -0.2) is 0 Å². The Labute approximate surface area is 176 Å². The van der Waals surface area contributed by atoms with Crippen LogP contribution in [0.4, 0.5) is 0 Å². The molecule has 0 spiro atoms. The van der Waals surface area contributed by atoms with Gasteiger partial charge in [0.2, 0.25) is 0 Å². The number of hydrogen-bond donors (Lipinski definition) is 4. The third-order valence-electron chi connectivity index (χ3n) is 5.08. The fourth-order valence-electron chi connectivity index (χ4n) is 2.83. The first-order chi connectivity index (χ1) is 13.8. The van der Waals surface area contributed by atoms with Crippen molar-refractivity contribution in [3.05, 3.63) is 0 Å². The average molecular weight is 424 g/mol. The van der Waals surface area contributed by atoms with Gasteiger partial charge in [-0.05, 0) is 52.4 Å². The summed E-state index contributed by atoms with van der Waals surface area (Å²) in [6, 6.07) is 0. The quantitative estimate of drug-likeness (QED) is 0.203. The lowest BCUT2D eigenvalue weighted by atomic mass is 9.96. The van der Waals surface area contributed by atoms with Crippen LogP contribution in [0, 0.1) is 0 Å². The van der Waals surface area contributed by atoms with Crippen LogP contribution in [0.3, 0.4) is 0 Å². The summed E-state index contributed by atoms with van der Waals surface area (Å²) in [6.07, 6.45) is 4.21. The summed E-state index contributed by atoms with van der Waals surface area (Å²) in [4.78, 5) is 0. The molecule has 3 atom stereocenters. The maximum Gasteiger partial charge on any atom is 0.101 e. The monoisotopic (exact) mass is 423 g/mol. The van der Waals surface area contributed by atoms with Gasteiger partial charge in [0.1, 0.15) is 6.10 Å². The molecule has 8 nitrogen and oxygen atoms in total. The highest BCUT2D eigenvalue weighted by Gasteiger charge is 2.25. The van der Waals surface area contributed by atoms with E-state index in [9.17, 15) is 5.11 Å². The molecule has 8 heteroatoms. The zero-order valence-corrected chi connectivity index (χ0v) is 18.7. The van der Waals surface area contributed by atoms with Gasteiger partial charge in [0.25, 0.3) is 0 Å². The summed E-state index contributed by atoms with van der Waals surface area (Å²) < 4.78 is 22.5. The Balaban J connectivity index is 3.91. The lowest BCUT2D eigenvalue weighted by Gasteiger charge is -2.31. The smallest absolute Gasteiger partial charge is 0.101 e. The Bertz CT molecular complexity index is 375. The molecule has 5 N–H and O–H groups in total. The highest BCUT2D eigenvalue weighted by molar-refractivity contribution is 4.77. The Morgan fingerprint density at radius 3 is 1.97 bits per heavy atom. The zero-order chi connectivity index (χ0) is 22.0. The fraction of sp³-hybridized carbons (Fsp3) is 1.00. The number of nitrogens with two attached hydrogens (primary N) is 1. The minimum atomic E-state index is -0.681. The SMILES string of the molecule is CCC(C)(CCCOC(C)(CN)CCCO)OCCCOCC(O)COCCO. The van der Waals surface area contributed by atoms with Crippen LogP contribution in [-0.2, 0) is 18.9 Å². The van der Waals surface area contributed by atoms with Gasteiger partial charge < -0.3 is 40.0 Å². The van der Waals surface area contributed by atoms with Gasteiger partial charge in [-0.3, -0.25) is 0 Å². The molecular formula is C21H45NO7. The molecule has 0 bridgehead atoms. The molecule has 0 amide bonds. The van der Waals surface area contributed by atoms with Crippen LogP contribution in [-0.4, -0.2) is 92.0 Å². The fourth-order valence-corrected chi connectivity index (χ4v) is 2.83. The molecule has 176 valence electrons. The van der Waals surface area contributed by atoms with Crippen LogP contribution >= 0.6 is 0 Å². The molecule has 0 aromatic carbocycles. The first kappa shape index (κ1) is 28.7. The highest BCUT2D eigenvalue weighted by Crippen LogP contribution is 2.23. The van der Waals surface area contributed by atoms with Gasteiger partial charge >= 0.3 is 0 Å². The van der Waals surface area contributed by atoms with Crippen LogP contribution in [0.15, 0.2) is 0 Å². The third-order valence-corrected chi connectivity index (χ3v) is 5.08. The van der Waals surface area contributed by atoms with E-state index in [1.54, 1.807) is 0 Å². The van der Waals surface area contributed by atoms with Crippen molar-refractivity contribution in [2.45, 2.75) is 76.6 Å². The number of aliphatic hydroxyl groups excluding tert-OH is 3. The van der Waals surface area contributed by atoms with E-state index in [0.29, 0.717) is 32.8 Å². The maximum atomic E-state index is 9.65. The molecule has 0 heterocycles. The Kier molecular flexibility index (Phi) is 17.2. The largest absolute Gasteiger partial charge is 0.396 e. The van der Waals surface area contributed by atoms with Gasteiger partial charge in [0.05, 0.1) is 37.6 Å². The van der Waals surface area contributed by atoms with Crippen molar-refractivity contribution >= 4 is 0 Å². The summed E-state index contributed by atoms with van der Waals surface area (Å²) in [5.74, 6) is 0. The number of aliphatic hydroxyl groups is 3. The summed E-state index contributed by atoms with van der Waals surface area (Å²) in [5, 5.41) is 27.3. The standard InChI is InChI=1S/C21H45NO7/c1-4-20(2,9-6-13-29-21(3,18-22)8-5-10-23)28-14-7-12-26-16-19(25)17-27-15-11-24/h19,23-25H,4-18,22H2,1-3H3. The molecule has 0 saturated heterocycles. The Hall–Kier alpha value is -0.320. The second kappa shape index (κ2) is 17.4. The summed E-state index contributed by atoms with van der Waals surface area (Å²) in [5.41, 5.74) is 5.24. The molecule has 0 rings (SSSR count). The molecule has 0 fully saturated rings. The summed E-state index contributed by atoms with van der Waals surface area (Å²) in [6.45, 7) is 9.10. The molecule has 0 aliphatic rings. The molecule has 0 radical (unpaired) electrons. The third kappa shape index (κ3) is 15.2. The molecule has 0 saturated carbocycles. The molecule has 0 aliphatic heterocycles. The summed E-state index contributed by atoms with van der Waals surface area (Å²) >= 11 is 0. The predicted octanol–water partition coefficient (Wildman–Crippen LogP) is 1.23.